The molecule has 1 fully saturated rings. The summed E-state index contributed by atoms with van der Waals surface area (Å²) >= 11 is 0. The highest BCUT2D eigenvalue weighted by molar-refractivity contribution is 5.92. The second-order valence-electron chi connectivity index (χ2n) is 5.78. The third-order valence-electron chi connectivity index (χ3n) is 4.03. The van der Waals surface area contributed by atoms with Gasteiger partial charge in [0.05, 0.1) is 12.3 Å². The van der Waals surface area contributed by atoms with E-state index in [4.69, 9.17) is 4.42 Å². The van der Waals surface area contributed by atoms with Crippen molar-refractivity contribution in [3.8, 4) is 0 Å². The summed E-state index contributed by atoms with van der Waals surface area (Å²) in [5.41, 5.74) is 1.28. The molecular formula is C18H20N2O3. The van der Waals surface area contributed by atoms with Crippen LogP contribution in [0.3, 0.4) is 0 Å². The zero-order valence-electron chi connectivity index (χ0n) is 12.9. The maximum Gasteiger partial charge on any atom is 0.287 e. The number of nitrogens with one attached hydrogen (secondary N) is 1. The van der Waals surface area contributed by atoms with Crippen LogP contribution in [0.1, 0.15) is 29.0 Å². The number of amides is 2. The molecule has 3 rings (SSSR count). The molecule has 1 aliphatic heterocycles. The highest BCUT2D eigenvalue weighted by atomic mass is 16.3. The first kappa shape index (κ1) is 15.3. The SMILES string of the molecule is O=C(NC1CC(=O)N(CCCc2ccccc2)C1)c1ccco1. The average molecular weight is 312 g/mol. The first-order chi connectivity index (χ1) is 11.2. The Labute approximate surface area is 135 Å². The number of furan rings is 1. The van der Waals surface area contributed by atoms with E-state index in [1.807, 2.05) is 23.1 Å². The van der Waals surface area contributed by atoms with E-state index in [2.05, 4.69) is 17.4 Å². The van der Waals surface area contributed by atoms with Gasteiger partial charge in [-0.25, -0.2) is 0 Å². The molecule has 120 valence electrons. The van der Waals surface area contributed by atoms with Crippen LogP contribution in [-0.2, 0) is 11.2 Å². The quantitative estimate of drug-likeness (QED) is 0.890. The predicted molar refractivity (Wildman–Crippen MR) is 85.9 cm³/mol. The Kier molecular flexibility index (Phi) is 4.76. The highest BCUT2D eigenvalue weighted by Gasteiger charge is 2.30. The van der Waals surface area contributed by atoms with Crippen molar-refractivity contribution in [3.05, 3.63) is 60.1 Å². The molecule has 5 heteroatoms. The van der Waals surface area contributed by atoms with Crippen molar-refractivity contribution in [2.75, 3.05) is 13.1 Å². The number of rotatable bonds is 6. The molecule has 2 amide bonds. The number of nitrogens with zero attached hydrogens (tertiary/aromatic N) is 1. The minimum Gasteiger partial charge on any atom is -0.459 e. The monoisotopic (exact) mass is 312 g/mol. The Bertz CT molecular complexity index is 652. The Morgan fingerprint density at radius 2 is 2.04 bits per heavy atom. The molecule has 5 nitrogen and oxygen atoms in total. The van der Waals surface area contributed by atoms with Crippen LogP contribution in [0, 0.1) is 0 Å². The van der Waals surface area contributed by atoms with Crippen molar-refractivity contribution in [2.45, 2.75) is 25.3 Å². The van der Waals surface area contributed by atoms with E-state index in [1.54, 1.807) is 12.1 Å². The van der Waals surface area contributed by atoms with Gasteiger partial charge in [0, 0.05) is 19.5 Å². The number of hydrogen-bond acceptors (Lipinski definition) is 3. The number of aryl methyl sites for hydroxylation is 1. The first-order valence-corrected chi connectivity index (χ1v) is 7.88. The second-order valence-corrected chi connectivity index (χ2v) is 5.78. The highest BCUT2D eigenvalue weighted by Crippen LogP contribution is 2.13. The van der Waals surface area contributed by atoms with E-state index in [1.165, 1.54) is 11.8 Å². The zero-order valence-corrected chi connectivity index (χ0v) is 12.9. The lowest BCUT2D eigenvalue weighted by Gasteiger charge is -2.16. The Hall–Kier alpha value is -2.56. The lowest BCUT2D eigenvalue weighted by atomic mass is 10.1. The van der Waals surface area contributed by atoms with Gasteiger partial charge in [0.1, 0.15) is 0 Å². The van der Waals surface area contributed by atoms with Crippen LogP contribution >= 0.6 is 0 Å². The molecular weight excluding hydrogens is 292 g/mol. The molecule has 2 heterocycles. The van der Waals surface area contributed by atoms with Crippen LogP contribution in [0.4, 0.5) is 0 Å². The molecule has 1 aliphatic rings. The molecule has 0 radical (unpaired) electrons. The predicted octanol–water partition coefficient (Wildman–Crippen LogP) is 2.24. The van der Waals surface area contributed by atoms with Crippen molar-refractivity contribution in [3.63, 3.8) is 0 Å². The van der Waals surface area contributed by atoms with Gasteiger partial charge < -0.3 is 14.6 Å². The summed E-state index contributed by atoms with van der Waals surface area (Å²) in [4.78, 5) is 25.8. The lowest BCUT2D eigenvalue weighted by molar-refractivity contribution is -0.127. The molecule has 0 bridgehead atoms. The normalized spacial score (nSPS) is 17.5. The van der Waals surface area contributed by atoms with Crippen LogP contribution in [0.5, 0.6) is 0 Å². The van der Waals surface area contributed by atoms with Crippen LogP contribution in [0.15, 0.2) is 53.1 Å². The zero-order chi connectivity index (χ0) is 16.1. The van der Waals surface area contributed by atoms with Gasteiger partial charge in [0.2, 0.25) is 5.91 Å². The summed E-state index contributed by atoms with van der Waals surface area (Å²) < 4.78 is 5.06. The summed E-state index contributed by atoms with van der Waals surface area (Å²) in [6.45, 7) is 1.29. The van der Waals surface area contributed by atoms with Crippen molar-refractivity contribution in [2.24, 2.45) is 0 Å². The summed E-state index contributed by atoms with van der Waals surface area (Å²) in [5.74, 6) is 0.113. The third kappa shape index (κ3) is 4.00. The number of carbonyl (C=O) groups excluding carboxylic acids is 2. The van der Waals surface area contributed by atoms with Crippen molar-refractivity contribution >= 4 is 11.8 Å². The van der Waals surface area contributed by atoms with Gasteiger partial charge in [-0.05, 0) is 30.5 Å². The summed E-state index contributed by atoms with van der Waals surface area (Å²) in [6.07, 6.45) is 3.70. The van der Waals surface area contributed by atoms with Crippen LogP contribution in [-0.4, -0.2) is 35.8 Å². The number of carbonyl (C=O) groups is 2. The van der Waals surface area contributed by atoms with Gasteiger partial charge in [0.25, 0.3) is 5.91 Å². The fraction of sp³-hybridized carbons (Fsp3) is 0.333. The summed E-state index contributed by atoms with van der Waals surface area (Å²) in [6, 6.07) is 13.4. The van der Waals surface area contributed by atoms with E-state index in [0.717, 1.165) is 19.4 Å². The summed E-state index contributed by atoms with van der Waals surface area (Å²) in [7, 11) is 0. The fourth-order valence-corrected chi connectivity index (χ4v) is 2.87. The maximum atomic E-state index is 12.0. The average Bonchev–Trinajstić information content (AvgIpc) is 3.19. The molecule has 1 aromatic carbocycles. The van der Waals surface area contributed by atoms with E-state index in [0.29, 0.717) is 13.0 Å². The lowest BCUT2D eigenvalue weighted by Crippen LogP contribution is -2.37. The van der Waals surface area contributed by atoms with Crippen molar-refractivity contribution < 1.29 is 14.0 Å². The van der Waals surface area contributed by atoms with Gasteiger partial charge in [0.15, 0.2) is 5.76 Å². The molecule has 0 aliphatic carbocycles. The van der Waals surface area contributed by atoms with Crippen molar-refractivity contribution in [1.29, 1.82) is 0 Å². The van der Waals surface area contributed by atoms with E-state index >= 15 is 0 Å². The van der Waals surface area contributed by atoms with Gasteiger partial charge in [-0.2, -0.15) is 0 Å². The number of likely N-dealkylation sites (tertiary alicyclic amines) is 1. The minimum atomic E-state index is -0.265. The molecule has 1 unspecified atom stereocenters. The Balaban J connectivity index is 1.45. The molecule has 23 heavy (non-hydrogen) atoms. The van der Waals surface area contributed by atoms with E-state index in [9.17, 15) is 9.59 Å². The topological polar surface area (TPSA) is 62.6 Å². The van der Waals surface area contributed by atoms with E-state index < -0.39 is 0 Å². The molecule has 1 N–H and O–H groups in total. The largest absolute Gasteiger partial charge is 0.459 e. The molecule has 1 saturated heterocycles. The Morgan fingerprint density at radius 1 is 1.22 bits per heavy atom. The van der Waals surface area contributed by atoms with E-state index in [-0.39, 0.29) is 23.6 Å². The maximum absolute atomic E-state index is 12.0. The smallest absolute Gasteiger partial charge is 0.287 e. The molecule has 1 atom stereocenters. The fourth-order valence-electron chi connectivity index (χ4n) is 2.87. The van der Waals surface area contributed by atoms with Gasteiger partial charge >= 0.3 is 0 Å². The van der Waals surface area contributed by atoms with Crippen molar-refractivity contribution in [1.82, 2.24) is 10.2 Å². The molecule has 0 saturated carbocycles. The third-order valence-corrected chi connectivity index (χ3v) is 4.03. The van der Waals surface area contributed by atoms with Gasteiger partial charge in [-0.3, -0.25) is 9.59 Å². The second kappa shape index (κ2) is 7.13. The standard InChI is InChI=1S/C18H20N2O3/c21-17-12-15(19-18(22)16-9-5-11-23-16)13-20(17)10-4-8-14-6-2-1-3-7-14/h1-3,5-7,9,11,15H,4,8,10,12-13H2,(H,19,22). The Morgan fingerprint density at radius 3 is 2.78 bits per heavy atom. The first-order valence-electron chi connectivity index (χ1n) is 7.88. The van der Waals surface area contributed by atoms with Crippen LogP contribution in [0.2, 0.25) is 0 Å². The minimum absolute atomic E-state index is 0.0998. The molecule has 1 aromatic heterocycles. The van der Waals surface area contributed by atoms with Gasteiger partial charge in [-0.1, -0.05) is 30.3 Å². The molecule has 2 aromatic rings. The molecule has 0 spiro atoms. The van der Waals surface area contributed by atoms with Crippen LogP contribution in [0.25, 0.3) is 0 Å². The van der Waals surface area contributed by atoms with Crippen LogP contribution < -0.4 is 5.32 Å². The summed E-state index contributed by atoms with van der Waals surface area (Å²) in [5, 5.41) is 2.85. The number of benzene rings is 1. The number of hydrogen-bond donors (Lipinski definition) is 1. The van der Waals surface area contributed by atoms with Gasteiger partial charge in [-0.15, -0.1) is 0 Å².